The summed E-state index contributed by atoms with van der Waals surface area (Å²) >= 11 is 0. The van der Waals surface area contributed by atoms with Gasteiger partial charge in [0.25, 0.3) is 0 Å². The molecule has 0 saturated heterocycles. The lowest BCUT2D eigenvalue weighted by Gasteiger charge is -2.63. The Labute approximate surface area is 170 Å². The summed E-state index contributed by atoms with van der Waals surface area (Å²) in [5.74, 6) is 1.72. The number of aliphatic hydroxyl groups excluding tert-OH is 2. The lowest BCUT2D eigenvalue weighted by atomic mass is 9.43. The summed E-state index contributed by atoms with van der Waals surface area (Å²) in [5.41, 5.74) is 0.355. The van der Waals surface area contributed by atoms with Crippen molar-refractivity contribution in [3.63, 3.8) is 0 Å². The normalized spacial score (nSPS) is 51.7. The lowest BCUT2D eigenvalue weighted by Crippen LogP contribution is -2.63. The van der Waals surface area contributed by atoms with Crippen LogP contribution >= 0.6 is 0 Å². The first kappa shape index (κ1) is 20.7. The first-order valence-electron chi connectivity index (χ1n) is 11.8. The molecule has 0 heterocycles. The smallest absolute Gasteiger partial charge is 0.303 e. The molecule has 0 aromatic rings. The zero-order valence-electron chi connectivity index (χ0n) is 17.9. The second kappa shape index (κ2) is 7.27. The second-order valence-corrected chi connectivity index (χ2v) is 11.3. The highest BCUT2D eigenvalue weighted by Crippen LogP contribution is 2.68. The summed E-state index contributed by atoms with van der Waals surface area (Å²) in [4.78, 5) is 11.1. The second-order valence-electron chi connectivity index (χ2n) is 11.3. The molecule has 0 bridgehead atoms. The molecule has 3 N–H and O–H groups in total. The van der Waals surface area contributed by atoms with Gasteiger partial charge >= 0.3 is 5.97 Å². The third kappa shape index (κ3) is 2.96. The molecule has 4 nitrogen and oxygen atoms in total. The summed E-state index contributed by atoms with van der Waals surface area (Å²) in [7, 11) is 0. The monoisotopic (exact) mass is 392 g/mol. The molecule has 4 aliphatic rings. The minimum Gasteiger partial charge on any atom is -0.481 e. The molecule has 0 spiro atoms. The predicted octanol–water partition coefficient (Wildman–Crippen LogP) is 4.48. The molecule has 0 radical (unpaired) electrons. The van der Waals surface area contributed by atoms with Crippen LogP contribution in [-0.2, 0) is 4.79 Å². The molecular weight excluding hydrogens is 352 g/mol. The van der Waals surface area contributed by atoms with Crippen LogP contribution in [0.5, 0.6) is 0 Å². The number of hydrogen-bond donors (Lipinski definition) is 3. The fourth-order valence-electron chi connectivity index (χ4n) is 8.84. The molecule has 0 unspecified atom stereocenters. The first-order valence-corrected chi connectivity index (χ1v) is 11.8. The van der Waals surface area contributed by atoms with Crippen molar-refractivity contribution in [1.29, 1.82) is 0 Å². The first-order chi connectivity index (χ1) is 13.2. The highest BCUT2D eigenvalue weighted by atomic mass is 16.4. The van der Waals surface area contributed by atoms with Gasteiger partial charge in [-0.2, -0.15) is 0 Å². The van der Waals surface area contributed by atoms with Crippen molar-refractivity contribution in [2.75, 3.05) is 0 Å². The molecule has 0 aromatic carbocycles. The quantitative estimate of drug-likeness (QED) is 0.659. The summed E-state index contributed by atoms with van der Waals surface area (Å²) in [6.07, 6.45) is 9.20. The topological polar surface area (TPSA) is 77.8 Å². The lowest BCUT2D eigenvalue weighted by molar-refractivity contribution is -0.215. The number of carboxylic acid groups (broad SMARTS) is 1. The Hall–Kier alpha value is -0.610. The number of hydrogen-bond acceptors (Lipinski definition) is 3. The van der Waals surface area contributed by atoms with Crippen LogP contribution in [0.4, 0.5) is 0 Å². The van der Waals surface area contributed by atoms with Crippen LogP contribution in [0.2, 0.25) is 0 Å². The molecule has 0 aliphatic heterocycles. The third-order valence-electron chi connectivity index (χ3n) is 10.2. The number of aliphatic carboxylic acids is 1. The molecule has 160 valence electrons. The average molecular weight is 393 g/mol. The van der Waals surface area contributed by atoms with Gasteiger partial charge in [-0.25, -0.2) is 0 Å². The van der Waals surface area contributed by atoms with E-state index in [1.807, 2.05) is 0 Å². The number of rotatable bonds is 4. The van der Waals surface area contributed by atoms with Crippen molar-refractivity contribution in [2.24, 2.45) is 46.3 Å². The van der Waals surface area contributed by atoms with Gasteiger partial charge in [0.05, 0.1) is 12.2 Å². The minimum atomic E-state index is -0.697. The molecule has 4 saturated carbocycles. The maximum atomic E-state index is 11.3. The Morgan fingerprint density at radius 3 is 2.36 bits per heavy atom. The van der Waals surface area contributed by atoms with E-state index in [1.165, 1.54) is 25.7 Å². The number of carboxylic acids is 1. The van der Waals surface area contributed by atoms with Crippen LogP contribution in [0, 0.1) is 46.3 Å². The number of fused-ring (bicyclic) bond motifs is 5. The van der Waals surface area contributed by atoms with Gasteiger partial charge in [-0.15, -0.1) is 0 Å². The Bertz CT molecular complexity index is 605. The maximum absolute atomic E-state index is 11.3. The Balaban J connectivity index is 1.59. The molecular formula is C24H40O4. The Morgan fingerprint density at radius 2 is 1.64 bits per heavy atom. The van der Waals surface area contributed by atoms with Crippen molar-refractivity contribution in [3.05, 3.63) is 0 Å². The van der Waals surface area contributed by atoms with Crippen LogP contribution in [0.25, 0.3) is 0 Å². The number of aliphatic hydroxyl groups is 2. The van der Waals surface area contributed by atoms with Gasteiger partial charge in [0, 0.05) is 6.42 Å². The van der Waals surface area contributed by atoms with Gasteiger partial charge in [-0.05, 0) is 91.3 Å². The van der Waals surface area contributed by atoms with Crippen molar-refractivity contribution < 1.29 is 20.1 Å². The molecule has 28 heavy (non-hydrogen) atoms. The highest BCUT2D eigenvalue weighted by molar-refractivity contribution is 5.66. The third-order valence-corrected chi connectivity index (χ3v) is 10.2. The molecule has 0 amide bonds. The van der Waals surface area contributed by atoms with E-state index >= 15 is 0 Å². The van der Waals surface area contributed by atoms with Gasteiger partial charge in [-0.3, -0.25) is 4.79 Å². The summed E-state index contributed by atoms with van der Waals surface area (Å²) in [6.45, 7) is 7.06. The van der Waals surface area contributed by atoms with Crippen molar-refractivity contribution in [3.8, 4) is 0 Å². The van der Waals surface area contributed by atoms with E-state index in [0.717, 1.165) is 32.1 Å². The van der Waals surface area contributed by atoms with E-state index < -0.39 is 18.2 Å². The van der Waals surface area contributed by atoms with Crippen molar-refractivity contribution >= 4 is 5.97 Å². The summed E-state index contributed by atoms with van der Waals surface area (Å²) in [5, 5.41) is 31.4. The van der Waals surface area contributed by atoms with Gasteiger partial charge in [0.1, 0.15) is 0 Å². The Morgan fingerprint density at radius 1 is 0.929 bits per heavy atom. The number of carbonyl (C=O) groups is 1. The van der Waals surface area contributed by atoms with Crippen molar-refractivity contribution in [1.82, 2.24) is 0 Å². The van der Waals surface area contributed by atoms with Gasteiger partial charge in [-0.1, -0.05) is 33.6 Å². The predicted molar refractivity (Wildman–Crippen MR) is 109 cm³/mol. The summed E-state index contributed by atoms with van der Waals surface area (Å²) < 4.78 is 0. The van der Waals surface area contributed by atoms with E-state index in [2.05, 4.69) is 20.8 Å². The average Bonchev–Trinajstić information content (AvgIpc) is 3.01. The van der Waals surface area contributed by atoms with Gasteiger partial charge in [0.15, 0.2) is 0 Å². The fraction of sp³-hybridized carbons (Fsp3) is 0.958. The van der Waals surface area contributed by atoms with Crippen LogP contribution in [-0.4, -0.2) is 33.5 Å². The Kier molecular flexibility index (Phi) is 5.36. The van der Waals surface area contributed by atoms with Crippen LogP contribution < -0.4 is 0 Å². The van der Waals surface area contributed by atoms with E-state index in [0.29, 0.717) is 23.7 Å². The molecule has 4 aliphatic carbocycles. The minimum absolute atomic E-state index is 0.176. The zero-order valence-corrected chi connectivity index (χ0v) is 17.9. The van der Waals surface area contributed by atoms with Crippen LogP contribution in [0.1, 0.15) is 85.0 Å². The van der Waals surface area contributed by atoms with Crippen LogP contribution in [0.3, 0.4) is 0 Å². The van der Waals surface area contributed by atoms with Crippen LogP contribution in [0.15, 0.2) is 0 Å². The molecule has 10 atom stereocenters. The highest BCUT2D eigenvalue weighted by Gasteiger charge is 2.64. The molecule has 4 fully saturated rings. The van der Waals surface area contributed by atoms with E-state index in [-0.39, 0.29) is 29.1 Å². The zero-order chi connectivity index (χ0) is 20.3. The SMILES string of the molecule is C[C@H](CCC(=O)O)[C@H]1CC[C@H]2[C@@H]3[C@H](O)[C@@H](O)[C@@H]4CCCC[C@]4(C)[C@H]3CC[C@]12C. The largest absolute Gasteiger partial charge is 0.481 e. The molecule has 4 rings (SSSR count). The molecule has 0 aromatic heterocycles. The van der Waals surface area contributed by atoms with E-state index in [9.17, 15) is 15.0 Å². The van der Waals surface area contributed by atoms with Gasteiger partial charge < -0.3 is 15.3 Å². The van der Waals surface area contributed by atoms with E-state index in [4.69, 9.17) is 5.11 Å². The van der Waals surface area contributed by atoms with E-state index in [1.54, 1.807) is 0 Å². The maximum Gasteiger partial charge on any atom is 0.303 e. The fourth-order valence-corrected chi connectivity index (χ4v) is 8.84. The standard InChI is InChI=1S/C24H40O4/c1-14(7-10-19(25)26)15-8-9-16-20-17(11-13-24(15,16)3)23(2)12-5-4-6-18(23)21(27)22(20)28/h14-18,20-22,27-28H,4-13H2,1-3H3,(H,25,26)/t14-,15-,16+,17+,18+,20+,21+,22+,23-,24-/m1/s1. The summed E-state index contributed by atoms with van der Waals surface area (Å²) in [6, 6.07) is 0. The van der Waals surface area contributed by atoms with Gasteiger partial charge in [0.2, 0.25) is 0 Å². The molecule has 4 heteroatoms. The van der Waals surface area contributed by atoms with Crippen molar-refractivity contribution in [2.45, 2.75) is 97.2 Å².